The van der Waals surface area contributed by atoms with Crippen LogP contribution in [0, 0.1) is 6.92 Å². The number of sulfonamides is 1. The van der Waals surface area contributed by atoms with Crippen molar-refractivity contribution in [2.24, 2.45) is 0 Å². The van der Waals surface area contributed by atoms with Crippen LogP contribution in [0.15, 0.2) is 41.1 Å². The second-order valence-electron chi connectivity index (χ2n) is 5.62. The van der Waals surface area contributed by atoms with E-state index in [9.17, 15) is 13.2 Å². The molecule has 0 spiro atoms. The van der Waals surface area contributed by atoms with Crippen molar-refractivity contribution in [3.05, 3.63) is 57.2 Å². The number of benzene rings is 1. The zero-order valence-electron chi connectivity index (χ0n) is 14.1. The molecule has 0 amide bonds. The predicted octanol–water partition coefficient (Wildman–Crippen LogP) is 3.91. The normalized spacial score (nSPS) is 11.3. The molecule has 3 rings (SSSR count). The van der Waals surface area contributed by atoms with Gasteiger partial charge >= 0.3 is 5.97 Å². The summed E-state index contributed by atoms with van der Waals surface area (Å²) in [6, 6.07) is 9.56. The van der Waals surface area contributed by atoms with E-state index >= 15 is 0 Å². The van der Waals surface area contributed by atoms with E-state index in [2.05, 4.69) is 9.71 Å². The maximum Gasteiger partial charge on any atom is 0.350 e. The maximum absolute atomic E-state index is 12.2. The van der Waals surface area contributed by atoms with Crippen LogP contribution in [0.3, 0.4) is 0 Å². The third-order valence-corrected chi connectivity index (χ3v) is 5.77. The minimum Gasteiger partial charge on any atom is -0.455 e. The Labute approximate surface area is 159 Å². The number of nitrogens with zero attached hydrogens (tertiary/aromatic N) is 1. The van der Waals surface area contributed by atoms with Crippen molar-refractivity contribution in [1.82, 2.24) is 4.98 Å². The van der Waals surface area contributed by atoms with E-state index in [4.69, 9.17) is 4.74 Å². The first-order chi connectivity index (χ1) is 12.3. The number of aryl methyl sites for hydroxylation is 1. The molecule has 0 atom stereocenters. The Hall–Kier alpha value is -2.23. The van der Waals surface area contributed by atoms with E-state index in [0.717, 1.165) is 28.2 Å². The molecule has 0 aliphatic heterocycles. The van der Waals surface area contributed by atoms with E-state index in [1.807, 2.05) is 36.6 Å². The van der Waals surface area contributed by atoms with Gasteiger partial charge in [-0.2, -0.15) is 0 Å². The SMILES string of the molecule is Cc1ccc(-c2nc(COC(=O)c3sccc3NS(C)(=O)=O)cs2)cc1. The topological polar surface area (TPSA) is 85.4 Å². The molecular formula is C17H16N2O4S3. The third kappa shape index (κ3) is 4.69. The predicted molar refractivity (Wildman–Crippen MR) is 104 cm³/mol. The Bertz CT molecular complexity index is 1020. The summed E-state index contributed by atoms with van der Waals surface area (Å²) in [6.45, 7) is 2.05. The average molecular weight is 409 g/mol. The highest BCUT2D eigenvalue weighted by molar-refractivity contribution is 7.92. The lowest BCUT2D eigenvalue weighted by Crippen LogP contribution is -2.12. The number of thiophene rings is 1. The van der Waals surface area contributed by atoms with Gasteiger partial charge in [0.25, 0.3) is 0 Å². The highest BCUT2D eigenvalue weighted by atomic mass is 32.2. The van der Waals surface area contributed by atoms with Crippen molar-refractivity contribution < 1.29 is 17.9 Å². The molecule has 1 aromatic carbocycles. The second-order valence-corrected chi connectivity index (χ2v) is 9.15. The zero-order valence-corrected chi connectivity index (χ0v) is 16.5. The summed E-state index contributed by atoms with van der Waals surface area (Å²) in [4.78, 5) is 16.9. The van der Waals surface area contributed by atoms with Crippen molar-refractivity contribution in [2.45, 2.75) is 13.5 Å². The second kappa shape index (κ2) is 7.56. The summed E-state index contributed by atoms with van der Waals surface area (Å²) in [5.41, 5.74) is 3.05. The molecule has 0 aliphatic carbocycles. The van der Waals surface area contributed by atoms with Crippen LogP contribution < -0.4 is 4.72 Å². The Kier molecular flexibility index (Phi) is 5.40. The van der Waals surface area contributed by atoms with E-state index in [0.29, 0.717) is 5.69 Å². The fourth-order valence-corrected chi connectivity index (χ4v) is 4.34. The maximum atomic E-state index is 12.2. The van der Waals surface area contributed by atoms with Gasteiger partial charge in [0.15, 0.2) is 0 Å². The van der Waals surface area contributed by atoms with E-state index in [1.54, 1.807) is 5.38 Å². The van der Waals surface area contributed by atoms with Crippen LogP contribution in [0.25, 0.3) is 10.6 Å². The third-order valence-electron chi connectivity index (χ3n) is 3.35. The van der Waals surface area contributed by atoms with Gasteiger partial charge in [0.05, 0.1) is 17.6 Å². The van der Waals surface area contributed by atoms with E-state index < -0.39 is 16.0 Å². The quantitative estimate of drug-likeness (QED) is 0.625. The first-order valence-electron chi connectivity index (χ1n) is 7.56. The van der Waals surface area contributed by atoms with E-state index in [1.165, 1.54) is 23.0 Å². The lowest BCUT2D eigenvalue weighted by molar-refractivity contribution is 0.0475. The van der Waals surface area contributed by atoms with Gasteiger partial charge in [0.1, 0.15) is 16.5 Å². The van der Waals surface area contributed by atoms with Crippen LogP contribution in [0.4, 0.5) is 5.69 Å². The Morgan fingerprint density at radius 1 is 1.19 bits per heavy atom. The van der Waals surface area contributed by atoms with Gasteiger partial charge < -0.3 is 4.74 Å². The molecule has 0 bridgehead atoms. The lowest BCUT2D eigenvalue weighted by Gasteiger charge is -2.05. The number of esters is 1. The first kappa shape index (κ1) is 18.6. The van der Waals surface area contributed by atoms with Crippen LogP contribution >= 0.6 is 22.7 Å². The van der Waals surface area contributed by atoms with Crippen molar-refractivity contribution in [3.8, 4) is 10.6 Å². The summed E-state index contributed by atoms with van der Waals surface area (Å²) >= 11 is 2.59. The molecule has 26 heavy (non-hydrogen) atoms. The largest absolute Gasteiger partial charge is 0.455 e. The van der Waals surface area contributed by atoms with Crippen LogP contribution in [0.2, 0.25) is 0 Å². The molecule has 1 N–H and O–H groups in total. The molecule has 2 aromatic heterocycles. The molecule has 0 aliphatic rings. The molecular weight excluding hydrogens is 392 g/mol. The lowest BCUT2D eigenvalue weighted by atomic mass is 10.2. The Morgan fingerprint density at radius 2 is 1.92 bits per heavy atom. The summed E-state index contributed by atoms with van der Waals surface area (Å²) < 4.78 is 30.3. The molecule has 6 nitrogen and oxygen atoms in total. The number of aromatic nitrogens is 1. The van der Waals surface area contributed by atoms with Gasteiger partial charge in [-0.25, -0.2) is 18.2 Å². The molecule has 0 radical (unpaired) electrons. The molecule has 3 aromatic rings. The minimum absolute atomic E-state index is 0.0252. The summed E-state index contributed by atoms with van der Waals surface area (Å²) in [7, 11) is -3.46. The minimum atomic E-state index is -3.46. The number of hydrogen-bond acceptors (Lipinski definition) is 7. The Balaban J connectivity index is 1.66. The fraction of sp³-hybridized carbons (Fsp3) is 0.176. The highest BCUT2D eigenvalue weighted by Crippen LogP contribution is 2.26. The van der Waals surface area contributed by atoms with Gasteiger partial charge in [-0.3, -0.25) is 4.72 Å². The molecule has 0 unspecified atom stereocenters. The smallest absolute Gasteiger partial charge is 0.350 e. The van der Waals surface area contributed by atoms with Crippen LogP contribution in [-0.4, -0.2) is 25.6 Å². The van der Waals surface area contributed by atoms with Crippen LogP contribution in [0.5, 0.6) is 0 Å². The highest BCUT2D eigenvalue weighted by Gasteiger charge is 2.18. The number of carbonyl (C=O) groups is 1. The summed E-state index contributed by atoms with van der Waals surface area (Å²) in [6.07, 6.45) is 1.03. The number of thiazole rings is 1. The van der Waals surface area contributed by atoms with Gasteiger partial charge in [0, 0.05) is 10.9 Å². The number of rotatable bonds is 6. The molecule has 2 heterocycles. The van der Waals surface area contributed by atoms with Gasteiger partial charge in [-0.05, 0) is 18.4 Å². The van der Waals surface area contributed by atoms with Crippen molar-refractivity contribution in [2.75, 3.05) is 11.0 Å². The Morgan fingerprint density at radius 3 is 2.62 bits per heavy atom. The summed E-state index contributed by atoms with van der Waals surface area (Å²) in [5.74, 6) is -0.587. The average Bonchev–Trinajstić information content (AvgIpc) is 3.21. The molecule has 0 saturated heterocycles. The van der Waals surface area contributed by atoms with Crippen molar-refractivity contribution in [3.63, 3.8) is 0 Å². The fourth-order valence-electron chi connectivity index (χ4n) is 2.15. The van der Waals surface area contributed by atoms with Crippen molar-refractivity contribution in [1.29, 1.82) is 0 Å². The standard InChI is InChI=1S/C17H16N2O4S3/c1-11-3-5-12(6-4-11)16-18-13(10-25-16)9-23-17(20)15-14(7-8-24-15)19-26(2,21)22/h3-8,10,19H,9H2,1-2H3. The van der Waals surface area contributed by atoms with Crippen LogP contribution in [0.1, 0.15) is 20.9 Å². The summed E-state index contributed by atoms with van der Waals surface area (Å²) in [5, 5.41) is 4.32. The molecule has 9 heteroatoms. The van der Waals surface area contributed by atoms with E-state index in [-0.39, 0.29) is 17.2 Å². The zero-order chi connectivity index (χ0) is 18.7. The monoisotopic (exact) mass is 408 g/mol. The number of anilines is 1. The number of nitrogens with one attached hydrogen (secondary N) is 1. The van der Waals surface area contributed by atoms with Crippen LogP contribution in [-0.2, 0) is 21.4 Å². The van der Waals surface area contributed by atoms with Gasteiger partial charge in [-0.1, -0.05) is 29.8 Å². The number of carbonyl (C=O) groups excluding carboxylic acids is 1. The van der Waals surface area contributed by atoms with Gasteiger partial charge in [0.2, 0.25) is 10.0 Å². The molecule has 0 saturated carbocycles. The molecule has 0 fully saturated rings. The number of hydrogen-bond donors (Lipinski definition) is 1. The number of ether oxygens (including phenoxy) is 1. The first-order valence-corrected chi connectivity index (χ1v) is 11.2. The van der Waals surface area contributed by atoms with Crippen molar-refractivity contribution >= 4 is 44.4 Å². The molecule has 136 valence electrons. The van der Waals surface area contributed by atoms with Gasteiger partial charge in [-0.15, -0.1) is 22.7 Å².